The smallest absolute Gasteiger partial charge is 0.251 e. The molecule has 2 amide bonds. The molecule has 0 radical (unpaired) electrons. The van der Waals surface area contributed by atoms with Gasteiger partial charge < -0.3 is 5.32 Å². The average molecular weight is 293 g/mol. The van der Waals surface area contributed by atoms with Gasteiger partial charge in [-0.2, -0.15) is 0 Å². The van der Waals surface area contributed by atoms with Crippen LogP contribution in [0.5, 0.6) is 0 Å². The molecule has 3 rings (SSSR count). The first-order valence-corrected chi connectivity index (χ1v) is 7.41. The minimum absolute atomic E-state index is 0.146. The topological polar surface area (TPSA) is 49.4 Å². The summed E-state index contributed by atoms with van der Waals surface area (Å²) >= 11 is 5.83. The normalized spacial score (nSPS) is 23.9. The first-order chi connectivity index (χ1) is 9.65. The van der Waals surface area contributed by atoms with Crippen molar-refractivity contribution in [2.75, 3.05) is 4.90 Å². The van der Waals surface area contributed by atoms with E-state index in [1.165, 1.54) is 17.7 Å². The molecule has 0 bridgehead atoms. The van der Waals surface area contributed by atoms with E-state index in [2.05, 4.69) is 5.32 Å². The van der Waals surface area contributed by atoms with Crippen LogP contribution in [0, 0.1) is 0 Å². The lowest BCUT2D eigenvalue weighted by Gasteiger charge is -2.18. The predicted molar refractivity (Wildman–Crippen MR) is 77.7 cm³/mol. The summed E-state index contributed by atoms with van der Waals surface area (Å²) in [6, 6.07) is 6.79. The van der Waals surface area contributed by atoms with Gasteiger partial charge in [0.1, 0.15) is 0 Å². The Morgan fingerprint density at radius 1 is 1.10 bits per heavy atom. The highest BCUT2D eigenvalue weighted by Gasteiger charge is 2.40. The van der Waals surface area contributed by atoms with Crippen LogP contribution in [-0.2, 0) is 9.59 Å². The van der Waals surface area contributed by atoms with Crippen molar-refractivity contribution < 1.29 is 9.59 Å². The molecule has 5 heteroatoms. The van der Waals surface area contributed by atoms with Gasteiger partial charge >= 0.3 is 0 Å². The third-order valence-corrected chi connectivity index (χ3v) is 4.28. The number of halogens is 1. The third kappa shape index (κ3) is 2.58. The lowest BCUT2D eigenvalue weighted by Crippen LogP contribution is -2.42. The van der Waals surface area contributed by atoms with Gasteiger partial charge in [-0.25, -0.2) is 4.90 Å². The predicted octanol–water partition coefficient (Wildman–Crippen LogP) is 2.50. The molecule has 1 saturated heterocycles. The van der Waals surface area contributed by atoms with Gasteiger partial charge in [-0.15, -0.1) is 0 Å². The fourth-order valence-electron chi connectivity index (χ4n) is 3.00. The Bertz CT molecular complexity index is 523. The van der Waals surface area contributed by atoms with Crippen LogP contribution in [0.4, 0.5) is 5.69 Å². The van der Waals surface area contributed by atoms with Crippen molar-refractivity contribution in [1.29, 1.82) is 0 Å². The molecule has 20 heavy (non-hydrogen) atoms. The van der Waals surface area contributed by atoms with E-state index in [0.29, 0.717) is 16.8 Å². The quantitative estimate of drug-likeness (QED) is 0.871. The van der Waals surface area contributed by atoms with Gasteiger partial charge in [0.15, 0.2) is 0 Å². The molecule has 0 aromatic heterocycles. The van der Waals surface area contributed by atoms with Crippen molar-refractivity contribution in [3.05, 3.63) is 29.3 Å². The zero-order chi connectivity index (χ0) is 14.1. The van der Waals surface area contributed by atoms with Crippen LogP contribution in [0.15, 0.2) is 24.3 Å². The van der Waals surface area contributed by atoms with Gasteiger partial charge in [0.05, 0.1) is 18.2 Å². The Hall–Kier alpha value is -1.39. The van der Waals surface area contributed by atoms with E-state index in [1.54, 1.807) is 24.3 Å². The van der Waals surface area contributed by atoms with E-state index >= 15 is 0 Å². The second-order valence-corrected chi connectivity index (χ2v) is 5.88. The number of hydrogen-bond donors (Lipinski definition) is 1. The van der Waals surface area contributed by atoms with E-state index in [4.69, 9.17) is 11.6 Å². The van der Waals surface area contributed by atoms with Crippen LogP contribution in [-0.4, -0.2) is 23.9 Å². The molecule has 1 heterocycles. The highest BCUT2D eigenvalue weighted by atomic mass is 35.5. The molecule has 0 spiro atoms. The molecule has 1 aromatic rings. The van der Waals surface area contributed by atoms with Crippen molar-refractivity contribution in [1.82, 2.24) is 5.32 Å². The Morgan fingerprint density at radius 2 is 1.75 bits per heavy atom. The average Bonchev–Trinajstić information content (AvgIpc) is 3.02. The Morgan fingerprint density at radius 3 is 2.40 bits per heavy atom. The van der Waals surface area contributed by atoms with Gasteiger partial charge in [-0.05, 0) is 37.1 Å². The highest BCUT2D eigenvalue weighted by Crippen LogP contribution is 2.26. The second kappa shape index (κ2) is 5.54. The van der Waals surface area contributed by atoms with Crippen LogP contribution in [0.25, 0.3) is 0 Å². The Labute approximate surface area is 123 Å². The SMILES string of the molecule is O=C1C[C@@H](NC2CCCC2)C(=O)N1c1ccc(Cl)cc1. The second-order valence-electron chi connectivity index (χ2n) is 5.45. The molecule has 106 valence electrons. The summed E-state index contributed by atoms with van der Waals surface area (Å²) in [6.07, 6.45) is 4.84. The summed E-state index contributed by atoms with van der Waals surface area (Å²) in [5.41, 5.74) is 0.597. The van der Waals surface area contributed by atoms with E-state index < -0.39 is 0 Å². The maximum absolute atomic E-state index is 12.4. The first kappa shape index (κ1) is 13.6. The standard InChI is InChI=1S/C15H17ClN2O2/c16-10-5-7-12(8-6-10)18-14(19)9-13(15(18)20)17-11-3-1-2-4-11/h5-8,11,13,17H,1-4,9H2/t13-/m1/s1. The molecule has 1 aliphatic heterocycles. The molecule has 1 saturated carbocycles. The van der Waals surface area contributed by atoms with Crippen LogP contribution in [0.3, 0.4) is 0 Å². The zero-order valence-electron chi connectivity index (χ0n) is 11.1. The lowest BCUT2D eigenvalue weighted by molar-refractivity contribution is -0.121. The molecular weight excluding hydrogens is 276 g/mol. The zero-order valence-corrected chi connectivity index (χ0v) is 11.9. The number of hydrogen-bond acceptors (Lipinski definition) is 3. The number of benzene rings is 1. The largest absolute Gasteiger partial charge is 0.303 e. The number of nitrogens with zero attached hydrogens (tertiary/aromatic N) is 1. The van der Waals surface area contributed by atoms with Crippen molar-refractivity contribution in [2.24, 2.45) is 0 Å². The molecule has 1 aromatic carbocycles. The summed E-state index contributed by atoms with van der Waals surface area (Å²) in [6.45, 7) is 0. The van der Waals surface area contributed by atoms with Crippen LogP contribution < -0.4 is 10.2 Å². The summed E-state index contributed by atoms with van der Waals surface area (Å²) in [5, 5.41) is 3.92. The monoisotopic (exact) mass is 292 g/mol. The molecular formula is C15H17ClN2O2. The number of carbonyl (C=O) groups is 2. The Kier molecular flexibility index (Phi) is 3.76. The van der Waals surface area contributed by atoms with Crippen LogP contribution >= 0.6 is 11.6 Å². The molecule has 1 N–H and O–H groups in total. The molecule has 2 aliphatic rings. The van der Waals surface area contributed by atoms with Gasteiger partial charge in [0.25, 0.3) is 5.91 Å². The van der Waals surface area contributed by atoms with Crippen molar-refractivity contribution in [2.45, 2.75) is 44.2 Å². The molecule has 1 aliphatic carbocycles. The minimum Gasteiger partial charge on any atom is -0.303 e. The van der Waals surface area contributed by atoms with Crippen LogP contribution in [0.2, 0.25) is 5.02 Å². The van der Waals surface area contributed by atoms with Crippen molar-refractivity contribution in [3.8, 4) is 0 Å². The maximum Gasteiger partial charge on any atom is 0.251 e. The Balaban J connectivity index is 1.74. The highest BCUT2D eigenvalue weighted by molar-refractivity contribution is 6.30. The number of anilines is 1. The van der Waals surface area contributed by atoms with Crippen molar-refractivity contribution >= 4 is 29.1 Å². The fraction of sp³-hybridized carbons (Fsp3) is 0.467. The van der Waals surface area contributed by atoms with E-state index in [0.717, 1.165) is 12.8 Å². The van der Waals surface area contributed by atoms with Gasteiger partial charge in [-0.1, -0.05) is 24.4 Å². The number of imide groups is 1. The van der Waals surface area contributed by atoms with Crippen molar-refractivity contribution in [3.63, 3.8) is 0 Å². The van der Waals surface area contributed by atoms with E-state index in [1.807, 2.05) is 0 Å². The van der Waals surface area contributed by atoms with E-state index in [9.17, 15) is 9.59 Å². The number of amides is 2. The number of carbonyl (C=O) groups excluding carboxylic acids is 2. The lowest BCUT2D eigenvalue weighted by atomic mass is 10.2. The van der Waals surface area contributed by atoms with Gasteiger partial charge in [0.2, 0.25) is 5.91 Å². The summed E-state index contributed by atoms with van der Waals surface area (Å²) in [7, 11) is 0. The minimum atomic E-state index is -0.374. The first-order valence-electron chi connectivity index (χ1n) is 7.03. The summed E-state index contributed by atoms with van der Waals surface area (Å²) in [5.74, 6) is -0.294. The summed E-state index contributed by atoms with van der Waals surface area (Å²) in [4.78, 5) is 25.8. The molecule has 1 atom stereocenters. The number of rotatable bonds is 3. The summed E-state index contributed by atoms with van der Waals surface area (Å²) < 4.78 is 0. The van der Waals surface area contributed by atoms with E-state index in [-0.39, 0.29) is 24.3 Å². The molecule has 4 nitrogen and oxygen atoms in total. The maximum atomic E-state index is 12.4. The van der Waals surface area contributed by atoms with Gasteiger partial charge in [0, 0.05) is 11.1 Å². The fourth-order valence-corrected chi connectivity index (χ4v) is 3.13. The number of nitrogens with one attached hydrogen (secondary N) is 1. The third-order valence-electron chi connectivity index (χ3n) is 4.02. The van der Waals surface area contributed by atoms with Crippen LogP contribution in [0.1, 0.15) is 32.1 Å². The molecule has 2 fully saturated rings. The molecule has 0 unspecified atom stereocenters. The van der Waals surface area contributed by atoms with Gasteiger partial charge in [-0.3, -0.25) is 9.59 Å².